The molecule has 192 valence electrons. The quantitative estimate of drug-likeness (QED) is 0.231. The lowest BCUT2D eigenvalue weighted by Gasteiger charge is -2.28. The summed E-state index contributed by atoms with van der Waals surface area (Å²) in [6.45, 7) is 0. The van der Waals surface area contributed by atoms with Gasteiger partial charge in [-0.1, -0.05) is 107 Å². The number of anilines is 1. The predicted molar refractivity (Wildman–Crippen MR) is 154 cm³/mol. The smallest absolute Gasteiger partial charge is 0.139 e. The highest BCUT2D eigenvalue weighted by atomic mass is 15.1. The third kappa shape index (κ3) is 8.05. The van der Waals surface area contributed by atoms with Crippen molar-refractivity contribution >= 4 is 16.7 Å². The van der Waals surface area contributed by atoms with Crippen LogP contribution in [-0.4, -0.2) is 24.1 Å². The van der Waals surface area contributed by atoms with Gasteiger partial charge in [0.15, 0.2) is 0 Å². The molecule has 1 aliphatic rings. The van der Waals surface area contributed by atoms with E-state index in [1.54, 1.807) is 0 Å². The highest BCUT2D eigenvalue weighted by molar-refractivity contribution is 5.89. The van der Waals surface area contributed by atoms with Crippen molar-refractivity contribution in [2.24, 2.45) is 11.8 Å². The molecule has 1 saturated carbocycles. The van der Waals surface area contributed by atoms with E-state index in [9.17, 15) is 0 Å². The van der Waals surface area contributed by atoms with Gasteiger partial charge in [0.1, 0.15) is 11.6 Å². The van der Waals surface area contributed by atoms with Crippen molar-refractivity contribution < 1.29 is 2.85 Å². The van der Waals surface area contributed by atoms with Gasteiger partial charge in [0.2, 0.25) is 0 Å². The molecule has 0 aliphatic heterocycles. The van der Waals surface area contributed by atoms with Gasteiger partial charge in [0.25, 0.3) is 0 Å². The first kappa shape index (κ1) is 25.7. The van der Waals surface area contributed by atoms with Crippen molar-refractivity contribution in [3.63, 3.8) is 0 Å². The van der Waals surface area contributed by atoms with Crippen LogP contribution in [0.25, 0.3) is 10.9 Å². The minimum Gasteiger partial charge on any atom is -0.362 e. The summed E-state index contributed by atoms with van der Waals surface area (Å²) in [5.41, 5.74) is 2.56. The summed E-state index contributed by atoms with van der Waals surface area (Å²) >= 11 is 0. The average molecular weight is 476 g/mol. The molecule has 0 bridgehead atoms. The Labute approximate surface area is 216 Å². The zero-order valence-corrected chi connectivity index (χ0v) is 22.1. The number of unbranched alkanes of at least 4 members (excludes halogenated alkanes) is 4. The Bertz CT molecular complexity index is 1020. The minimum absolute atomic E-state index is 0. The Morgan fingerprint density at radius 1 is 0.686 bits per heavy atom. The number of aryl methyl sites for hydroxylation is 2. The first-order valence-corrected chi connectivity index (χ1v) is 14.2. The minimum atomic E-state index is 0. The van der Waals surface area contributed by atoms with Crippen LogP contribution in [-0.2, 0) is 12.8 Å². The first-order valence-electron chi connectivity index (χ1n) is 14.2. The van der Waals surface area contributed by atoms with Crippen molar-refractivity contribution in [3.8, 4) is 0 Å². The summed E-state index contributed by atoms with van der Waals surface area (Å²) in [5, 5.41) is 1.15. The second-order valence-corrected chi connectivity index (χ2v) is 10.9. The van der Waals surface area contributed by atoms with Crippen LogP contribution in [0.15, 0.2) is 54.6 Å². The van der Waals surface area contributed by atoms with Gasteiger partial charge in [-0.05, 0) is 48.8 Å². The van der Waals surface area contributed by atoms with Crippen LogP contribution in [0.3, 0.4) is 0 Å². The third-order valence-corrected chi connectivity index (χ3v) is 7.95. The number of fused-ring (bicyclic) bond motifs is 1. The van der Waals surface area contributed by atoms with Crippen LogP contribution >= 0.6 is 0 Å². The molecule has 3 aromatic rings. The van der Waals surface area contributed by atoms with Crippen LogP contribution < -0.4 is 4.90 Å². The normalized spacial score (nSPS) is 18.1. The zero-order chi connectivity index (χ0) is 24.3. The predicted octanol–water partition coefficient (Wildman–Crippen LogP) is 8.90. The second-order valence-electron chi connectivity index (χ2n) is 10.9. The fourth-order valence-corrected chi connectivity index (χ4v) is 5.85. The molecule has 1 aliphatic carbocycles. The number of benzene rings is 2. The fraction of sp³-hybridized carbons (Fsp3) is 0.562. The Morgan fingerprint density at radius 2 is 1.31 bits per heavy atom. The Morgan fingerprint density at radius 3 is 2.06 bits per heavy atom. The monoisotopic (exact) mass is 475 g/mol. The number of hydrogen-bond donors (Lipinski definition) is 0. The molecule has 3 heteroatoms. The summed E-state index contributed by atoms with van der Waals surface area (Å²) in [6, 6.07) is 19.3. The SMILES string of the molecule is CN(C)c1nc(CCCC2CCC(CCCCCCCc3ccccc3)CC2)nc2ccccc12.[HH].[HH]. The van der Waals surface area contributed by atoms with Crippen molar-refractivity contribution in [3.05, 3.63) is 66.0 Å². The lowest BCUT2D eigenvalue weighted by molar-refractivity contribution is 0.245. The van der Waals surface area contributed by atoms with E-state index in [4.69, 9.17) is 9.97 Å². The maximum Gasteiger partial charge on any atom is 0.139 e. The van der Waals surface area contributed by atoms with E-state index in [-0.39, 0.29) is 2.85 Å². The van der Waals surface area contributed by atoms with Gasteiger partial charge < -0.3 is 4.90 Å². The van der Waals surface area contributed by atoms with E-state index >= 15 is 0 Å². The van der Waals surface area contributed by atoms with Gasteiger partial charge in [-0.15, -0.1) is 0 Å². The van der Waals surface area contributed by atoms with Crippen molar-refractivity contribution in [2.45, 2.75) is 89.9 Å². The van der Waals surface area contributed by atoms with Gasteiger partial charge >= 0.3 is 0 Å². The topological polar surface area (TPSA) is 29.0 Å². The van der Waals surface area contributed by atoms with Crippen LogP contribution in [0.4, 0.5) is 5.82 Å². The summed E-state index contributed by atoms with van der Waals surface area (Å²) in [6.07, 6.45) is 19.0. The summed E-state index contributed by atoms with van der Waals surface area (Å²) in [4.78, 5) is 11.8. The molecule has 0 N–H and O–H groups in total. The molecule has 2 aromatic carbocycles. The van der Waals surface area contributed by atoms with Crippen LogP contribution in [0, 0.1) is 11.8 Å². The highest BCUT2D eigenvalue weighted by Gasteiger charge is 2.20. The molecule has 0 atom stereocenters. The van der Waals surface area contributed by atoms with E-state index in [1.807, 2.05) is 0 Å². The molecule has 1 aromatic heterocycles. The van der Waals surface area contributed by atoms with Gasteiger partial charge in [-0.3, -0.25) is 0 Å². The molecule has 0 unspecified atom stereocenters. The summed E-state index contributed by atoms with van der Waals surface area (Å²) in [5.74, 6) is 3.95. The van der Waals surface area contributed by atoms with E-state index in [0.717, 1.165) is 40.8 Å². The molecule has 0 spiro atoms. The van der Waals surface area contributed by atoms with Gasteiger partial charge in [0.05, 0.1) is 5.52 Å². The molecule has 1 heterocycles. The van der Waals surface area contributed by atoms with Crippen LogP contribution in [0.2, 0.25) is 0 Å². The molecule has 35 heavy (non-hydrogen) atoms. The molecule has 0 saturated heterocycles. The number of aromatic nitrogens is 2. The molecule has 1 fully saturated rings. The van der Waals surface area contributed by atoms with Crippen LogP contribution in [0.1, 0.15) is 91.3 Å². The number of hydrogen-bond acceptors (Lipinski definition) is 3. The largest absolute Gasteiger partial charge is 0.362 e. The van der Waals surface area contributed by atoms with Crippen molar-refractivity contribution in [1.82, 2.24) is 9.97 Å². The summed E-state index contributed by atoms with van der Waals surface area (Å²) in [7, 11) is 4.14. The van der Waals surface area contributed by atoms with Gasteiger partial charge in [0, 0.05) is 28.8 Å². The van der Waals surface area contributed by atoms with Crippen molar-refractivity contribution in [2.75, 3.05) is 19.0 Å². The lowest BCUT2D eigenvalue weighted by Crippen LogP contribution is -2.15. The number of nitrogens with zero attached hydrogens (tertiary/aromatic N) is 3. The Kier molecular flexibility index (Phi) is 9.98. The van der Waals surface area contributed by atoms with Crippen molar-refractivity contribution in [1.29, 1.82) is 0 Å². The van der Waals surface area contributed by atoms with Gasteiger partial charge in [-0.25, -0.2) is 9.97 Å². The van der Waals surface area contributed by atoms with E-state index < -0.39 is 0 Å². The number of para-hydroxylation sites is 1. The van der Waals surface area contributed by atoms with E-state index in [2.05, 4.69) is 73.6 Å². The Hall–Kier alpha value is -2.42. The highest BCUT2D eigenvalue weighted by Crippen LogP contribution is 2.34. The lowest BCUT2D eigenvalue weighted by atomic mass is 9.78. The maximum absolute atomic E-state index is 4.89. The fourth-order valence-electron chi connectivity index (χ4n) is 5.85. The van der Waals surface area contributed by atoms with E-state index in [1.165, 1.54) is 89.0 Å². The standard InChI is InChI=1S/C32H45N3.2H2/c1-35(2)32-29-19-11-12-20-30(29)33-31(34-32)21-13-18-28-24-22-27(23-25-28)17-8-5-3-4-7-14-26-15-9-6-10-16-26;;/h6,9-12,15-16,19-20,27-28H,3-5,7-8,13-14,17-18,21-25H2,1-2H3;2*1H. The second kappa shape index (κ2) is 13.6. The molecule has 4 rings (SSSR count). The third-order valence-electron chi connectivity index (χ3n) is 7.95. The zero-order valence-electron chi connectivity index (χ0n) is 22.1. The van der Waals surface area contributed by atoms with Crippen LogP contribution in [0.5, 0.6) is 0 Å². The molecule has 3 nitrogen and oxygen atoms in total. The molecular weight excluding hydrogens is 426 g/mol. The first-order chi connectivity index (χ1) is 17.2. The molecule has 0 amide bonds. The summed E-state index contributed by atoms with van der Waals surface area (Å²) < 4.78 is 0. The number of rotatable bonds is 13. The Balaban J connectivity index is 0.00000241. The maximum atomic E-state index is 4.89. The average Bonchev–Trinajstić information content (AvgIpc) is 2.89. The van der Waals surface area contributed by atoms with Gasteiger partial charge in [-0.2, -0.15) is 0 Å². The molecular formula is C32H49N3. The van der Waals surface area contributed by atoms with E-state index in [0.29, 0.717) is 0 Å². The molecule has 0 radical (unpaired) electrons.